The van der Waals surface area contributed by atoms with Crippen molar-refractivity contribution in [2.24, 2.45) is 5.73 Å². The van der Waals surface area contributed by atoms with Crippen LogP contribution < -0.4 is 5.73 Å². The lowest BCUT2D eigenvalue weighted by molar-refractivity contribution is 0.472. The first-order chi connectivity index (χ1) is 11.1. The number of benzene rings is 1. The fourth-order valence-corrected chi connectivity index (χ4v) is 2.54. The Morgan fingerprint density at radius 3 is 2.57 bits per heavy atom. The Bertz CT molecular complexity index is 760. The van der Waals surface area contributed by atoms with Crippen molar-refractivity contribution in [2.75, 3.05) is 0 Å². The smallest absolute Gasteiger partial charge is 0.268 e. The van der Waals surface area contributed by atoms with Gasteiger partial charge in [-0.05, 0) is 33.1 Å². The molecule has 0 aliphatic heterocycles. The monoisotopic (exact) mass is 311 g/mol. The molecule has 1 aromatic carbocycles. The maximum absolute atomic E-state index is 5.67. The lowest BCUT2D eigenvalue weighted by atomic mass is 10.2. The molecule has 3 N–H and O–H groups in total. The molecule has 2 aromatic heterocycles. The van der Waals surface area contributed by atoms with Gasteiger partial charge in [-0.1, -0.05) is 35.9 Å². The van der Waals surface area contributed by atoms with E-state index in [0.717, 1.165) is 25.0 Å². The van der Waals surface area contributed by atoms with Crippen LogP contribution in [0.3, 0.4) is 0 Å². The normalized spacial score (nSPS) is 14.0. The molecule has 4 rings (SSSR count). The molecule has 0 saturated carbocycles. The summed E-state index contributed by atoms with van der Waals surface area (Å²) in [6.45, 7) is 3.90. The van der Waals surface area contributed by atoms with Crippen molar-refractivity contribution in [1.82, 2.24) is 20.4 Å². The van der Waals surface area contributed by atoms with Crippen LogP contribution in [0.5, 0.6) is 0 Å². The summed E-state index contributed by atoms with van der Waals surface area (Å²) in [5.74, 6) is 0.913. The summed E-state index contributed by atoms with van der Waals surface area (Å²) in [5.41, 5.74) is 10.2. The second-order valence-corrected chi connectivity index (χ2v) is 5.77. The topological polar surface area (TPSA) is 93.6 Å². The molecule has 2 heterocycles. The molecule has 1 unspecified atom stereocenters. The Kier molecular flexibility index (Phi) is 4.52. The predicted molar refractivity (Wildman–Crippen MR) is 87.7 cm³/mol. The average molecular weight is 311 g/mol. The van der Waals surface area contributed by atoms with E-state index in [9.17, 15) is 0 Å². The van der Waals surface area contributed by atoms with Gasteiger partial charge < -0.3 is 10.2 Å². The van der Waals surface area contributed by atoms with Gasteiger partial charge in [0.1, 0.15) is 0 Å². The van der Waals surface area contributed by atoms with E-state index in [4.69, 9.17) is 10.2 Å². The molecule has 6 heteroatoms. The zero-order chi connectivity index (χ0) is 16.2. The second-order valence-electron chi connectivity index (χ2n) is 5.77. The van der Waals surface area contributed by atoms with Gasteiger partial charge in [-0.15, -0.1) is 10.2 Å². The van der Waals surface area contributed by atoms with E-state index in [0.29, 0.717) is 11.8 Å². The van der Waals surface area contributed by atoms with Gasteiger partial charge in [-0.25, -0.2) is 0 Å². The van der Waals surface area contributed by atoms with Crippen molar-refractivity contribution in [3.05, 3.63) is 53.0 Å². The van der Waals surface area contributed by atoms with Crippen molar-refractivity contribution in [1.29, 1.82) is 0 Å². The summed E-state index contributed by atoms with van der Waals surface area (Å²) in [6, 6.07) is 10.0. The van der Waals surface area contributed by atoms with Crippen molar-refractivity contribution in [3.63, 3.8) is 0 Å². The number of aryl methyl sites for hydroxylation is 2. The van der Waals surface area contributed by atoms with Gasteiger partial charge in [-0.3, -0.25) is 5.10 Å². The Morgan fingerprint density at radius 1 is 1.17 bits per heavy atom. The lowest BCUT2D eigenvalue weighted by Crippen LogP contribution is -2.04. The number of nitrogens with zero attached hydrogens (tertiary/aromatic N) is 3. The van der Waals surface area contributed by atoms with Crippen LogP contribution in [0.25, 0.3) is 11.6 Å². The third kappa shape index (κ3) is 3.48. The number of fused-ring (bicyclic) bond motifs is 1. The molecule has 1 aliphatic carbocycles. The molecule has 120 valence electrons. The molecule has 6 nitrogen and oxygen atoms in total. The highest BCUT2D eigenvalue weighted by Gasteiger charge is 2.23. The van der Waals surface area contributed by atoms with E-state index >= 15 is 0 Å². The Labute approximate surface area is 135 Å². The minimum absolute atomic E-state index is 0.242. The number of aromatic amines is 1. The third-order valence-corrected chi connectivity index (χ3v) is 3.78. The van der Waals surface area contributed by atoms with Crippen LogP contribution in [-0.4, -0.2) is 20.4 Å². The molecule has 1 aliphatic rings. The highest BCUT2D eigenvalue weighted by molar-refractivity contribution is 5.55. The predicted octanol–water partition coefficient (Wildman–Crippen LogP) is 2.96. The molecule has 23 heavy (non-hydrogen) atoms. The fourth-order valence-electron chi connectivity index (χ4n) is 2.54. The Morgan fingerprint density at radius 2 is 1.96 bits per heavy atom. The van der Waals surface area contributed by atoms with Crippen LogP contribution in [0.1, 0.15) is 42.1 Å². The number of nitrogens with one attached hydrogen (secondary N) is 1. The zero-order valence-corrected chi connectivity index (χ0v) is 13.4. The molecule has 0 fully saturated rings. The van der Waals surface area contributed by atoms with Crippen molar-refractivity contribution < 1.29 is 4.42 Å². The largest absolute Gasteiger partial charge is 0.417 e. The molecular formula is C17H21N5O. The van der Waals surface area contributed by atoms with E-state index in [1.807, 2.05) is 25.1 Å². The standard InChI is InChI=1S/C10H13N5O.C7H8/c1-5(11)9-14-15-10(16-9)8-6-3-2-4-7(6)12-13-8;1-7-5-3-2-4-6-7/h5H,2-4,11H2,1H3,(H,12,13);2-6H,1H3. The first kappa shape index (κ1) is 15.4. The van der Waals surface area contributed by atoms with Gasteiger partial charge in [0.2, 0.25) is 5.89 Å². The lowest BCUT2D eigenvalue weighted by Gasteiger charge is -1.95. The molecule has 0 bridgehead atoms. The van der Waals surface area contributed by atoms with Gasteiger partial charge in [-0.2, -0.15) is 5.10 Å². The van der Waals surface area contributed by atoms with Crippen molar-refractivity contribution in [2.45, 2.75) is 39.2 Å². The first-order valence-electron chi connectivity index (χ1n) is 7.82. The van der Waals surface area contributed by atoms with Crippen LogP contribution in [0.15, 0.2) is 34.7 Å². The van der Waals surface area contributed by atoms with Gasteiger partial charge in [0, 0.05) is 11.3 Å². The summed E-state index contributed by atoms with van der Waals surface area (Å²) >= 11 is 0. The summed E-state index contributed by atoms with van der Waals surface area (Å²) in [6.07, 6.45) is 3.23. The van der Waals surface area contributed by atoms with E-state index in [1.165, 1.54) is 16.8 Å². The van der Waals surface area contributed by atoms with Crippen LogP contribution >= 0.6 is 0 Å². The van der Waals surface area contributed by atoms with Gasteiger partial charge in [0.15, 0.2) is 5.69 Å². The summed E-state index contributed by atoms with van der Waals surface area (Å²) in [5, 5.41) is 15.1. The Hall–Kier alpha value is -2.47. The van der Waals surface area contributed by atoms with Crippen molar-refractivity contribution >= 4 is 0 Å². The molecule has 0 radical (unpaired) electrons. The highest BCUT2D eigenvalue weighted by atomic mass is 16.4. The van der Waals surface area contributed by atoms with Gasteiger partial charge in [0.05, 0.1) is 6.04 Å². The van der Waals surface area contributed by atoms with Gasteiger partial charge >= 0.3 is 0 Å². The van der Waals surface area contributed by atoms with E-state index < -0.39 is 0 Å². The quantitative estimate of drug-likeness (QED) is 0.759. The third-order valence-electron chi connectivity index (χ3n) is 3.78. The summed E-state index contributed by atoms with van der Waals surface area (Å²) < 4.78 is 5.48. The van der Waals surface area contributed by atoms with Crippen LogP contribution in [0.2, 0.25) is 0 Å². The number of H-pyrrole nitrogens is 1. The zero-order valence-electron chi connectivity index (χ0n) is 13.4. The summed E-state index contributed by atoms with van der Waals surface area (Å²) in [7, 11) is 0. The molecule has 1 atom stereocenters. The molecular weight excluding hydrogens is 290 g/mol. The van der Waals surface area contributed by atoms with Crippen LogP contribution in [0.4, 0.5) is 0 Å². The van der Waals surface area contributed by atoms with Crippen LogP contribution in [0, 0.1) is 6.92 Å². The van der Waals surface area contributed by atoms with E-state index in [-0.39, 0.29) is 6.04 Å². The minimum Gasteiger partial charge on any atom is -0.417 e. The molecule has 0 amide bonds. The van der Waals surface area contributed by atoms with Crippen molar-refractivity contribution in [3.8, 4) is 11.6 Å². The fraction of sp³-hybridized carbons (Fsp3) is 0.353. The molecule has 0 spiro atoms. The number of rotatable bonds is 2. The van der Waals surface area contributed by atoms with Crippen LogP contribution in [-0.2, 0) is 12.8 Å². The van der Waals surface area contributed by atoms with E-state index in [1.54, 1.807) is 0 Å². The maximum atomic E-state index is 5.67. The molecule has 3 aromatic rings. The average Bonchev–Trinajstić information content (AvgIpc) is 3.25. The number of nitrogens with two attached hydrogens (primary N) is 1. The van der Waals surface area contributed by atoms with Gasteiger partial charge in [0.25, 0.3) is 5.89 Å². The second kappa shape index (κ2) is 6.75. The number of hydrogen-bond acceptors (Lipinski definition) is 5. The maximum Gasteiger partial charge on any atom is 0.268 e. The number of aromatic nitrogens is 4. The minimum atomic E-state index is -0.242. The number of hydrogen-bond donors (Lipinski definition) is 2. The first-order valence-corrected chi connectivity index (χ1v) is 7.82. The van der Waals surface area contributed by atoms with E-state index in [2.05, 4.69) is 39.5 Å². The SMILES string of the molecule is CC(N)c1nnc(-c2n[nH]c3c2CCC3)o1.Cc1ccccc1. The summed E-state index contributed by atoms with van der Waals surface area (Å²) in [4.78, 5) is 0. The highest BCUT2D eigenvalue weighted by Crippen LogP contribution is 2.29. The Balaban J connectivity index is 0.000000188. The molecule has 0 saturated heterocycles.